The second kappa shape index (κ2) is 8.47. The molecule has 0 amide bonds. The van der Waals surface area contributed by atoms with E-state index in [2.05, 4.69) is 13.1 Å². The number of aliphatic hydroxyl groups excluding tert-OH is 1. The smallest absolute Gasteiger partial charge is 0.388 e. The number of hydrogen-bond acceptors (Lipinski definition) is 10. The first-order chi connectivity index (χ1) is 13.8. The average Bonchev–Trinajstić information content (AvgIpc) is 2.76. The van der Waals surface area contributed by atoms with Crippen LogP contribution in [0.25, 0.3) is 0 Å². The molecule has 1 aromatic heterocycles. The second-order valence-electron chi connectivity index (χ2n) is 5.85. The average molecular weight is 501 g/mol. The molecule has 16 nitrogen and oxygen atoms in total. The lowest BCUT2D eigenvalue weighted by molar-refractivity contribution is -0.178. The van der Waals surface area contributed by atoms with Gasteiger partial charge in [-0.1, -0.05) is 0 Å². The van der Waals surface area contributed by atoms with Gasteiger partial charge in [-0.15, -0.1) is 0 Å². The normalized spacial score (nSPS) is 31.7. The van der Waals surface area contributed by atoms with Gasteiger partial charge in [0.05, 0.1) is 1.37 Å². The predicted molar refractivity (Wildman–Crippen MR) is 90.5 cm³/mol. The van der Waals surface area contributed by atoms with Crippen LogP contribution in [-0.4, -0.2) is 52.8 Å². The van der Waals surface area contributed by atoms with Gasteiger partial charge < -0.3 is 29.4 Å². The number of rotatable bonds is 8. The number of aliphatic hydroxyl groups is 1. The number of nitrogens with one attached hydrogen (secondary N) is 1. The minimum absolute atomic E-state index is 0.105. The zero-order chi connectivity index (χ0) is 24.0. The Hall–Kier alpha value is -1.06. The molecule has 1 fully saturated rings. The van der Waals surface area contributed by atoms with Crippen molar-refractivity contribution in [3.05, 3.63) is 32.6 Å². The van der Waals surface area contributed by atoms with Crippen LogP contribution in [0.5, 0.6) is 0 Å². The molecule has 0 aliphatic carbocycles. The Labute approximate surface area is 166 Å². The van der Waals surface area contributed by atoms with E-state index in [9.17, 15) is 37.7 Å². The summed E-state index contributed by atoms with van der Waals surface area (Å²) >= 11 is 0. The minimum Gasteiger partial charge on any atom is -0.388 e. The summed E-state index contributed by atoms with van der Waals surface area (Å²) in [6, 6.07) is 0. The van der Waals surface area contributed by atoms with E-state index in [1.54, 1.807) is 4.98 Å². The topological polar surface area (TPSA) is 244 Å². The van der Waals surface area contributed by atoms with Gasteiger partial charge in [-0.2, -0.15) is 8.62 Å². The van der Waals surface area contributed by atoms with Gasteiger partial charge in [-0.3, -0.25) is 18.9 Å². The SMILES string of the molecule is [2H][C@@]1(n2cc(C)c(=O)[nH]c2=O)O[C@](F)(COP(=O)(O)OP(=O)(O)OP(=O)(O)O)C[C@H]1O. The molecular formula is C10H16FN2O14P3. The summed E-state index contributed by atoms with van der Waals surface area (Å²) in [7, 11) is -17.2. The maximum Gasteiger partial charge on any atom is 0.490 e. The number of aryl methyl sites for hydroxylation is 1. The Morgan fingerprint density at radius 1 is 1.30 bits per heavy atom. The molecule has 0 saturated carbocycles. The number of alkyl halides is 1. The molecule has 1 aromatic rings. The van der Waals surface area contributed by atoms with Crippen LogP contribution in [0, 0.1) is 6.92 Å². The van der Waals surface area contributed by atoms with Crippen LogP contribution < -0.4 is 11.2 Å². The molecule has 2 rings (SSSR count). The highest BCUT2D eigenvalue weighted by atomic mass is 31.3. The first-order valence-electron chi connectivity index (χ1n) is 7.96. The molecule has 6 N–H and O–H groups in total. The van der Waals surface area contributed by atoms with E-state index in [-0.39, 0.29) is 5.56 Å². The molecule has 30 heavy (non-hydrogen) atoms. The maximum atomic E-state index is 14.9. The van der Waals surface area contributed by atoms with E-state index >= 15 is 0 Å². The molecule has 1 saturated heterocycles. The molecule has 0 bridgehead atoms. The quantitative estimate of drug-likeness (QED) is 0.237. The van der Waals surface area contributed by atoms with Crippen molar-refractivity contribution >= 4 is 23.5 Å². The number of ether oxygens (including phenoxy) is 1. The van der Waals surface area contributed by atoms with E-state index in [0.717, 1.165) is 6.20 Å². The molecule has 0 aromatic carbocycles. The highest BCUT2D eigenvalue weighted by Crippen LogP contribution is 2.66. The maximum absolute atomic E-state index is 14.9. The van der Waals surface area contributed by atoms with Gasteiger partial charge in [0, 0.05) is 18.2 Å². The van der Waals surface area contributed by atoms with Crippen LogP contribution in [0.4, 0.5) is 4.39 Å². The standard InChI is InChI=1S/C10H16FN2O14P3/c1-5-3-13(9(16)12-7(5)15)8-6(14)2-10(11,25-8)4-24-29(20,21)27-30(22,23)26-28(17,18)19/h3,6,8,14H,2,4H2,1H3,(H,20,21)(H,22,23)(H,12,15,16)(H2,17,18,19)/t6-,8-,10+/m1/s1/i8D. The van der Waals surface area contributed by atoms with Gasteiger partial charge in [0.1, 0.15) is 12.7 Å². The van der Waals surface area contributed by atoms with Crippen molar-refractivity contribution in [1.29, 1.82) is 0 Å². The molecule has 0 radical (unpaired) electrons. The van der Waals surface area contributed by atoms with Crippen LogP contribution in [0.2, 0.25) is 0 Å². The van der Waals surface area contributed by atoms with Crippen molar-refractivity contribution in [3.8, 4) is 0 Å². The van der Waals surface area contributed by atoms with Crippen molar-refractivity contribution < 1.29 is 62.0 Å². The summed E-state index contributed by atoms with van der Waals surface area (Å²) < 4.78 is 72.5. The highest BCUT2D eigenvalue weighted by Gasteiger charge is 2.50. The molecule has 1 aliphatic heterocycles. The minimum atomic E-state index is -5.85. The van der Waals surface area contributed by atoms with Crippen molar-refractivity contribution in [2.75, 3.05) is 6.61 Å². The van der Waals surface area contributed by atoms with Gasteiger partial charge in [-0.05, 0) is 6.92 Å². The molecule has 0 spiro atoms. The number of halogens is 1. The van der Waals surface area contributed by atoms with Gasteiger partial charge in [0.25, 0.3) is 5.56 Å². The number of hydrogen-bond donors (Lipinski definition) is 6. The fourth-order valence-corrected chi connectivity index (χ4v) is 5.23. The Balaban J connectivity index is 2.19. The Kier molecular flexibility index (Phi) is 6.66. The molecular weight excluding hydrogens is 484 g/mol. The summed E-state index contributed by atoms with van der Waals surface area (Å²) in [6.45, 7) is -0.386. The lowest BCUT2D eigenvalue weighted by atomic mass is 10.2. The summed E-state index contributed by atoms with van der Waals surface area (Å²) in [5, 5.41) is 10.1. The lowest BCUT2D eigenvalue weighted by Crippen LogP contribution is -2.36. The van der Waals surface area contributed by atoms with E-state index in [4.69, 9.17) is 20.8 Å². The molecule has 5 atom stereocenters. The fourth-order valence-electron chi connectivity index (χ4n) is 2.18. The van der Waals surface area contributed by atoms with Crippen molar-refractivity contribution in [3.63, 3.8) is 0 Å². The summed E-state index contributed by atoms with van der Waals surface area (Å²) in [5.74, 6) is -3.24. The van der Waals surface area contributed by atoms with Crippen LogP contribution in [-0.2, 0) is 31.6 Å². The number of H-pyrrole nitrogens is 1. The zero-order valence-corrected chi connectivity index (χ0v) is 17.3. The fraction of sp³-hybridized carbons (Fsp3) is 0.600. The van der Waals surface area contributed by atoms with Crippen LogP contribution in [0.15, 0.2) is 15.8 Å². The molecule has 2 unspecified atom stereocenters. The largest absolute Gasteiger partial charge is 0.490 e. The number of phosphoric acid groups is 3. The summed E-state index contributed by atoms with van der Waals surface area (Å²) in [4.78, 5) is 60.4. The number of aromatic amines is 1. The summed E-state index contributed by atoms with van der Waals surface area (Å²) in [6.07, 6.45) is -5.26. The number of aromatic nitrogens is 2. The van der Waals surface area contributed by atoms with E-state index in [0.29, 0.717) is 4.57 Å². The van der Waals surface area contributed by atoms with Gasteiger partial charge >= 0.3 is 29.2 Å². The number of phosphoric ester groups is 1. The zero-order valence-electron chi connectivity index (χ0n) is 15.6. The van der Waals surface area contributed by atoms with E-state index in [1.165, 1.54) is 6.92 Å². The van der Waals surface area contributed by atoms with Crippen LogP contribution in [0.1, 0.15) is 19.6 Å². The van der Waals surface area contributed by atoms with Crippen LogP contribution >= 0.6 is 23.5 Å². The Morgan fingerprint density at radius 2 is 1.90 bits per heavy atom. The molecule has 2 heterocycles. The highest BCUT2D eigenvalue weighted by molar-refractivity contribution is 7.66. The second-order valence-corrected chi connectivity index (χ2v) is 10.3. The molecule has 1 aliphatic rings. The van der Waals surface area contributed by atoms with E-state index in [1.807, 2.05) is 0 Å². The third-order valence-corrected chi connectivity index (χ3v) is 7.07. The summed E-state index contributed by atoms with van der Waals surface area (Å²) in [5.41, 5.74) is -2.18. The van der Waals surface area contributed by atoms with Crippen molar-refractivity contribution in [1.82, 2.24) is 9.55 Å². The van der Waals surface area contributed by atoms with Crippen molar-refractivity contribution in [2.24, 2.45) is 0 Å². The lowest BCUT2D eigenvalue weighted by Gasteiger charge is -2.22. The molecule has 20 heteroatoms. The van der Waals surface area contributed by atoms with Crippen molar-refractivity contribution in [2.45, 2.75) is 31.5 Å². The Morgan fingerprint density at radius 3 is 2.47 bits per heavy atom. The first-order valence-corrected chi connectivity index (χ1v) is 12.0. The molecule has 172 valence electrons. The van der Waals surface area contributed by atoms with Crippen LogP contribution in [0.3, 0.4) is 0 Å². The first kappa shape index (κ1) is 23.6. The predicted octanol–water partition coefficient (Wildman–Crippen LogP) is -0.866. The van der Waals surface area contributed by atoms with Gasteiger partial charge in [0.2, 0.25) is 5.85 Å². The third kappa shape index (κ3) is 6.72. The van der Waals surface area contributed by atoms with E-state index < -0.39 is 65.9 Å². The monoisotopic (exact) mass is 501 g/mol. The Bertz CT molecular complexity index is 1120. The third-order valence-electron chi connectivity index (χ3n) is 3.29. The van der Waals surface area contributed by atoms with Gasteiger partial charge in [-0.25, -0.2) is 22.9 Å². The van der Waals surface area contributed by atoms with Gasteiger partial charge in [0.15, 0.2) is 6.20 Å². The number of nitrogens with zero attached hydrogens (tertiary/aromatic N) is 1.